The molecule has 0 aliphatic heterocycles. The number of hydrogen-bond donors (Lipinski definition) is 1. The molecular formula is C12H13ClO3. The van der Waals surface area contributed by atoms with E-state index in [9.17, 15) is 4.79 Å². The standard InChI is InChI=1S/C12H13ClO3/c1-2-5-9-6-3-4-7-11(9)16-8-10(13)12(14)15/h2-7,10H,8H2,1H3,(H,14,15)/b5-2+. The van der Waals surface area contributed by atoms with Crippen molar-refractivity contribution in [2.24, 2.45) is 0 Å². The summed E-state index contributed by atoms with van der Waals surface area (Å²) in [5.74, 6) is -0.447. The van der Waals surface area contributed by atoms with Crippen molar-refractivity contribution in [2.45, 2.75) is 12.3 Å². The van der Waals surface area contributed by atoms with Crippen LogP contribution in [0.1, 0.15) is 12.5 Å². The molecule has 1 aromatic rings. The molecule has 1 aromatic carbocycles. The summed E-state index contributed by atoms with van der Waals surface area (Å²) in [5, 5.41) is 7.58. The van der Waals surface area contributed by atoms with E-state index in [1.165, 1.54) is 0 Å². The first-order chi connectivity index (χ1) is 7.65. The van der Waals surface area contributed by atoms with Crippen LogP contribution in [0.2, 0.25) is 0 Å². The van der Waals surface area contributed by atoms with Crippen LogP contribution >= 0.6 is 11.6 Å². The van der Waals surface area contributed by atoms with Crippen molar-refractivity contribution in [3.8, 4) is 5.75 Å². The van der Waals surface area contributed by atoms with E-state index in [0.29, 0.717) is 5.75 Å². The highest BCUT2D eigenvalue weighted by Gasteiger charge is 2.14. The molecular weight excluding hydrogens is 228 g/mol. The summed E-state index contributed by atoms with van der Waals surface area (Å²) in [6.07, 6.45) is 3.77. The third kappa shape index (κ3) is 3.59. The summed E-state index contributed by atoms with van der Waals surface area (Å²) in [6, 6.07) is 7.38. The van der Waals surface area contributed by atoms with Gasteiger partial charge in [0.15, 0.2) is 5.38 Å². The van der Waals surface area contributed by atoms with Crippen molar-refractivity contribution in [3.05, 3.63) is 35.9 Å². The van der Waals surface area contributed by atoms with Crippen LogP contribution in [-0.2, 0) is 4.79 Å². The number of carbonyl (C=O) groups is 1. The Balaban J connectivity index is 2.69. The van der Waals surface area contributed by atoms with Crippen molar-refractivity contribution in [1.82, 2.24) is 0 Å². The fourth-order valence-electron chi connectivity index (χ4n) is 1.16. The predicted molar refractivity (Wildman–Crippen MR) is 63.9 cm³/mol. The van der Waals surface area contributed by atoms with E-state index in [0.717, 1.165) is 5.56 Å². The Kier molecular flexibility index (Phi) is 4.86. The van der Waals surface area contributed by atoms with Crippen LogP contribution in [0.25, 0.3) is 6.08 Å². The van der Waals surface area contributed by atoms with E-state index in [1.807, 2.05) is 37.3 Å². The first-order valence-corrected chi connectivity index (χ1v) is 5.30. The number of hydrogen-bond acceptors (Lipinski definition) is 2. The fourth-order valence-corrected chi connectivity index (χ4v) is 1.23. The molecule has 0 aliphatic rings. The van der Waals surface area contributed by atoms with E-state index >= 15 is 0 Å². The second-order valence-corrected chi connectivity index (χ2v) is 3.68. The van der Waals surface area contributed by atoms with E-state index in [2.05, 4.69) is 0 Å². The van der Waals surface area contributed by atoms with Crippen molar-refractivity contribution in [3.63, 3.8) is 0 Å². The molecule has 1 N–H and O–H groups in total. The van der Waals surface area contributed by atoms with Gasteiger partial charge in [0.1, 0.15) is 12.4 Å². The summed E-state index contributed by atoms with van der Waals surface area (Å²) < 4.78 is 5.35. The van der Waals surface area contributed by atoms with Gasteiger partial charge in [0, 0.05) is 5.56 Å². The molecule has 86 valence electrons. The first kappa shape index (κ1) is 12.6. The lowest BCUT2D eigenvalue weighted by molar-refractivity contribution is -0.137. The monoisotopic (exact) mass is 240 g/mol. The quantitative estimate of drug-likeness (QED) is 0.805. The van der Waals surface area contributed by atoms with Gasteiger partial charge in [0.2, 0.25) is 0 Å². The third-order valence-corrected chi connectivity index (χ3v) is 2.23. The number of benzene rings is 1. The highest BCUT2D eigenvalue weighted by Crippen LogP contribution is 2.19. The molecule has 1 unspecified atom stereocenters. The number of carboxylic acids is 1. The Morgan fingerprint density at radius 1 is 1.56 bits per heavy atom. The van der Waals surface area contributed by atoms with Crippen LogP contribution in [0.15, 0.2) is 30.3 Å². The Bertz CT molecular complexity index is 388. The minimum atomic E-state index is -1.08. The van der Waals surface area contributed by atoms with Gasteiger partial charge in [-0.25, -0.2) is 0 Å². The van der Waals surface area contributed by atoms with Gasteiger partial charge in [-0.15, -0.1) is 11.6 Å². The van der Waals surface area contributed by atoms with Gasteiger partial charge in [0.25, 0.3) is 0 Å². The number of halogens is 1. The number of rotatable bonds is 5. The molecule has 0 aliphatic carbocycles. The summed E-state index contributed by atoms with van der Waals surface area (Å²) in [7, 11) is 0. The summed E-state index contributed by atoms with van der Waals surface area (Å²) in [6.45, 7) is 1.85. The van der Waals surface area contributed by atoms with Crippen molar-refractivity contribution in [2.75, 3.05) is 6.61 Å². The van der Waals surface area contributed by atoms with Crippen molar-refractivity contribution in [1.29, 1.82) is 0 Å². The number of carboxylic acid groups (broad SMARTS) is 1. The second kappa shape index (κ2) is 6.18. The molecule has 0 aromatic heterocycles. The van der Waals surface area contributed by atoms with E-state index < -0.39 is 11.3 Å². The number of ether oxygens (including phenoxy) is 1. The average molecular weight is 241 g/mol. The molecule has 0 saturated heterocycles. The van der Waals surface area contributed by atoms with Crippen LogP contribution in [-0.4, -0.2) is 23.1 Å². The van der Waals surface area contributed by atoms with Gasteiger partial charge >= 0.3 is 5.97 Å². The zero-order chi connectivity index (χ0) is 12.0. The third-order valence-electron chi connectivity index (χ3n) is 1.92. The van der Waals surface area contributed by atoms with Gasteiger partial charge in [-0.1, -0.05) is 30.4 Å². The second-order valence-electron chi connectivity index (χ2n) is 3.15. The van der Waals surface area contributed by atoms with E-state index in [1.54, 1.807) is 6.07 Å². The smallest absolute Gasteiger partial charge is 0.325 e. The zero-order valence-electron chi connectivity index (χ0n) is 8.89. The summed E-state index contributed by atoms with van der Waals surface area (Å²) in [5.41, 5.74) is 0.902. The average Bonchev–Trinajstić information content (AvgIpc) is 2.27. The molecule has 0 bridgehead atoms. The molecule has 1 atom stereocenters. The van der Waals surface area contributed by atoms with Crippen LogP contribution in [0.4, 0.5) is 0 Å². The molecule has 0 heterocycles. The van der Waals surface area contributed by atoms with Crippen LogP contribution in [0.5, 0.6) is 5.75 Å². The maximum absolute atomic E-state index is 10.5. The van der Waals surface area contributed by atoms with Gasteiger partial charge in [0.05, 0.1) is 0 Å². The maximum Gasteiger partial charge on any atom is 0.325 e. The minimum absolute atomic E-state index is 0.0501. The summed E-state index contributed by atoms with van der Waals surface area (Å²) >= 11 is 5.55. The maximum atomic E-state index is 10.5. The number of aliphatic carboxylic acids is 1. The Labute approximate surface area is 99.3 Å². The predicted octanol–water partition coefficient (Wildman–Crippen LogP) is 2.79. The molecule has 4 heteroatoms. The topological polar surface area (TPSA) is 46.5 Å². The highest BCUT2D eigenvalue weighted by atomic mass is 35.5. The highest BCUT2D eigenvalue weighted by molar-refractivity contribution is 6.29. The zero-order valence-corrected chi connectivity index (χ0v) is 9.65. The molecule has 16 heavy (non-hydrogen) atoms. The molecule has 0 spiro atoms. The molecule has 3 nitrogen and oxygen atoms in total. The Morgan fingerprint density at radius 3 is 2.88 bits per heavy atom. The van der Waals surface area contributed by atoms with Crippen LogP contribution < -0.4 is 4.74 Å². The summed E-state index contributed by atoms with van der Waals surface area (Å²) in [4.78, 5) is 10.5. The normalized spacial score (nSPS) is 12.6. The van der Waals surface area contributed by atoms with Gasteiger partial charge in [-0.05, 0) is 13.0 Å². The minimum Gasteiger partial charge on any atom is -0.491 e. The van der Waals surface area contributed by atoms with E-state index in [-0.39, 0.29) is 6.61 Å². The van der Waals surface area contributed by atoms with E-state index in [4.69, 9.17) is 21.4 Å². The first-order valence-electron chi connectivity index (χ1n) is 4.86. The number of allylic oxidation sites excluding steroid dienone is 1. The van der Waals surface area contributed by atoms with Gasteiger partial charge < -0.3 is 9.84 Å². The Morgan fingerprint density at radius 2 is 2.25 bits per heavy atom. The largest absolute Gasteiger partial charge is 0.491 e. The lowest BCUT2D eigenvalue weighted by Crippen LogP contribution is -2.21. The lowest BCUT2D eigenvalue weighted by Gasteiger charge is -2.10. The van der Waals surface area contributed by atoms with Crippen LogP contribution in [0, 0.1) is 0 Å². The fraction of sp³-hybridized carbons (Fsp3) is 0.250. The van der Waals surface area contributed by atoms with Crippen molar-refractivity contribution >= 4 is 23.6 Å². The van der Waals surface area contributed by atoms with Gasteiger partial charge in [-0.3, -0.25) is 4.79 Å². The lowest BCUT2D eigenvalue weighted by atomic mass is 10.2. The molecule has 0 saturated carbocycles. The number of alkyl halides is 1. The Hall–Kier alpha value is -1.48. The van der Waals surface area contributed by atoms with Gasteiger partial charge in [-0.2, -0.15) is 0 Å². The molecule has 1 rings (SSSR count). The SMILES string of the molecule is C/C=C/c1ccccc1OCC(Cl)C(=O)O. The van der Waals surface area contributed by atoms with Crippen molar-refractivity contribution < 1.29 is 14.6 Å². The molecule has 0 radical (unpaired) electrons. The number of para-hydroxylation sites is 1. The molecule has 0 fully saturated rings. The molecule has 0 amide bonds. The van der Waals surface area contributed by atoms with Crippen LogP contribution in [0.3, 0.4) is 0 Å².